The van der Waals surface area contributed by atoms with E-state index in [-0.39, 0.29) is 17.9 Å². The molecule has 9 nitrogen and oxygen atoms in total. The van der Waals surface area contributed by atoms with E-state index in [1.165, 1.54) is 24.0 Å². The molecule has 3 N–H and O–H groups in total. The number of alkyl halides is 6. The molecule has 3 amide bonds. The van der Waals surface area contributed by atoms with Gasteiger partial charge in [0.2, 0.25) is 0 Å². The Kier molecular flexibility index (Phi) is 10.4. The van der Waals surface area contributed by atoms with Gasteiger partial charge in [-0.15, -0.1) is 4.91 Å². The fourth-order valence-electron chi connectivity index (χ4n) is 3.85. The predicted molar refractivity (Wildman–Crippen MR) is 128 cm³/mol. The number of nitrogens with zero attached hydrogens (tertiary/aromatic N) is 3. The molecule has 2 aromatic carbocycles. The zero-order valence-corrected chi connectivity index (χ0v) is 21.4. The largest absolute Gasteiger partial charge is 0.465 e. The number of nitroso groups, excluding NO2 is 1. The first-order valence-electron chi connectivity index (χ1n) is 11.6. The van der Waals surface area contributed by atoms with E-state index in [0.717, 1.165) is 18.2 Å². The maximum absolute atomic E-state index is 13.0. The van der Waals surface area contributed by atoms with Gasteiger partial charge in [-0.3, -0.25) is 4.90 Å². The molecule has 2 aromatic rings. The van der Waals surface area contributed by atoms with Crippen LogP contribution in [0, 0.1) is 17.6 Å². The van der Waals surface area contributed by atoms with E-state index in [9.17, 15) is 45.2 Å². The van der Waals surface area contributed by atoms with Crippen LogP contribution in [-0.2, 0) is 12.4 Å². The van der Waals surface area contributed by atoms with Crippen LogP contribution in [-0.4, -0.2) is 53.8 Å². The van der Waals surface area contributed by atoms with Crippen molar-refractivity contribution in [3.05, 3.63) is 74.9 Å². The van der Waals surface area contributed by atoms with Crippen molar-refractivity contribution in [2.24, 2.45) is 5.29 Å². The van der Waals surface area contributed by atoms with Gasteiger partial charge in [0.15, 0.2) is 0 Å². The van der Waals surface area contributed by atoms with Gasteiger partial charge in [0.25, 0.3) is 0 Å². The Balaban J connectivity index is 0.000000292. The summed E-state index contributed by atoms with van der Waals surface area (Å²) in [6, 6.07) is 2.93. The second kappa shape index (κ2) is 12.9. The molecule has 3 rings (SSSR count). The molecule has 0 radical (unpaired) electrons. The Morgan fingerprint density at radius 2 is 1.68 bits per heavy atom. The van der Waals surface area contributed by atoms with E-state index >= 15 is 0 Å². The summed E-state index contributed by atoms with van der Waals surface area (Å²) < 4.78 is 89.4. The highest BCUT2D eigenvalue weighted by Gasteiger charge is 2.37. The normalized spacial score (nSPS) is 16.4. The quantitative estimate of drug-likeness (QED) is 0.238. The number of aryl methyl sites for hydroxylation is 1. The van der Waals surface area contributed by atoms with Crippen LogP contribution >= 0.6 is 0 Å². The molecule has 1 aliphatic heterocycles. The molecule has 0 spiro atoms. The van der Waals surface area contributed by atoms with E-state index in [1.807, 2.05) is 0 Å². The van der Waals surface area contributed by atoms with Crippen molar-refractivity contribution in [2.75, 3.05) is 26.7 Å². The summed E-state index contributed by atoms with van der Waals surface area (Å²) in [5.41, 5.74) is -1.76. The number of nitrogens with one attached hydrogen (secondary N) is 2. The highest BCUT2D eigenvalue weighted by Crippen LogP contribution is 2.37. The van der Waals surface area contributed by atoms with Gasteiger partial charge in [0, 0.05) is 26.7 Å². The molecule has 2 atom stereocenters. The van der Waals surface area contributed by atoms with Crippen molar-refractivity contribution >= 4 is 12.1 Å². The van der Waals surface area contributed by atoms with E-state index in [1.54, 1.807) is 13.0 Å². The van der Waals surface area contributed by atoms with Crippen molar-refractivity contribution in [3.63, 3.8) is 0 Å². The van der Waals surface area contributed by atoms with Crippen molar-refractivity contribution in [2.45, 2.75) is 38.3 Å². The third-order valence-electron chi connectivity index (χ3n) is 5.95. The molecule has 220 valence electrons. The molecule has 1 heterocycles. The summed E-state index contributed by atoms with van der Waals surface area (Å²) in [5.74, 6) is -0.295. The first kappa shape index (κ1) is 32.3. The minimum absolute atomic E-state index is 0.0167. The number of hydrogen-bond donors (Lipinski definition) is 3. The van der Waals surface area contributed by atoms with Crippen molar-refractivity contribution in [1.29, 1.82) is 0 Å². The van der Waals surface area contributed by atoms with Gasteiger partial charge in [-0.1, -0.05) is 6.07 Å². The van der Waals surface area contributed by atoms with E-state index in [2.05, 4.69) is 15.9 Å². The molecule has 0 saturated carbocycles. The number of piperazine rings is 1. The third kappa shape index (κ3) is 8.53. The van der Waals surface area contributed by atoms with Gasteiger partial charge in [-0.2, -0.15) is 31.4 Å². The number of carbonyl (C=O) groups excluding carboxylic acids is 1. The number of carboxylic acid groups (broad SMARTS) is 1. The Labute approximate surface area is 223 Å². The number of benzene rings is 2. The molecular weight excluding hydrogens is 555 g/mol. The number of halogens is 7. The van der Waals surface area contributed by atoms with E-state index < -0.39 is 47.2 Å². The van der Waals surface area contributed by atoms with E-state index in [4.69, 9.17) is 5.11 Å². The van der Waals surface area contributed by atoms with Crippen LogP contribution in [0.4, 0.5) is 40.3 Å². The van der Waals surface area contributed by atoms with Crippen LogP contribution < -0.4 is 10.6 Å². The van der Waals surface area contributed by atoms with Crippen LogP contribution in [0.15, 0.2) is 41.7 Å². The molecule has 40 heavy (non-hydrogen) atoms. The third-order valence-corrected chi connectivity index (χ3v) is 5.95. The summed E-state index contributed by atoms with van der Waals surface area (Å²) >= 11 is 0. The van der Waals surface area contributed by atoms with Gasteiger partial charge in [-0.25, -0.2) is 14.0 Å². The Morgan fingerprint density at radius 3 is 2.15 bits per heavy atom. The lowest BCUT2D eigenvalue weighted by Gasteiger charge is -2.35. The maximum atomic E-state index is 13.0. The van der Waals surface area contributed by atoms with Gasteiger partial charge < -0.3 is 15.7 Å². The number of rotatable bonds is 4. The highest BCUT2D eigenvalue weighted by molar-refractivity contribution is 5.74. The first-order chi connectivity index (χ1) is 18.4. The Bertz CT molecular complexity index is 1190. The monoisotopic (exact) mass is 581 g/mol. The topological polar surface area (TPSA) is 114 Å². The standard InChI is InChI=1S/C12H11F6N3O2.C12H15FN2O2/c1-6(19-10(22)21(2)20-23)7-3-8(11(13,14)15)5-9(4-7)12(16,17)18;1-8-6-9(13)2-3-10(8)11-7-14-4-5-15(11)12(16)17/h3-6H,1-2H3,(H,19,22);2-3,6,11,14H,4-5,7H2,1H3,(H,16,17)/t6-;11-/m11/s1. The summed E-state index contributed by atoms with van der Waals surface area (Å²) in [7, 11) is 0.975. The average molecular weight is 581 g/mol. The van der Waals surface area contributed by atoms with Crippen LogP contribution in [0.1, 0.15) is 46.8 Å². The maximum Gasteiger partial charge on any atom is 0.416 e. The average Bonchev–Trinajstić information content (AvgIpc) is 2.87. The van der Waals surface area contributed by atoms with Crippen LogP contribution in [0.3, 0.4) is 0 Å². The smallest absolute Gasteiger partial charge is 0.416 e. The van der Waals surface area contributed by atoms with Crippen LogP contribution in [0.2, 0.25) is 0 Å². The summed E-state index contributed by atoms with van der Waals surface area (Å²) in [6.07, 6.45) is -10.9. The fraction of sp³-hybridized carbons (Fsp3) is 0.417. The van der Waals surface area contributed by atoms with Crippen LogP contribution in [0.25, 0.3) is 0 Å². The lowest BCUT2D eigenvalue weighted by Crippen LogP contribution is -2.48. The molecular formula is C24H26F7N5O4. The van der Waals surface area contributed by atoms with E-state index in [0.29, 0.717) is 36.8 Å². The van der Waals surface area contributed by atoms with Gasteiger partial charge in [-0.05, 0) is 60.9 Å². The molecule has 0 aromatic heterocycles. The van der Waals surface area contributed by atoms with Crippen molar-refractivity contribution < 1.29 is 45.4 Å². The molecule has 0 unspecified atom stereocenters. The summed E-state index contributed by atoms with van der Waals surface area (Å²) in [6.45, 7) is 4.65. The Morgan fingerprint density at radius 1 is 1.10 bits per heavy atom. The summed E-state index contributed by atoms with van der Waals surface area (Å²) in [5, 5.41) is 16.9. The minimum Gasteiger partial charge on any atom is -0.465 e. The SMILES string of the molecule is C[C@@H](NC(=O)N(C)N=O)c1cc(C(F)(F)F)cc(C(F)(F)F)c1.Cc1cc(F)ccc1[C@H]1CNCCN1C(=O)O. The molecule has 1 saturated heterocycles. The molecule has 1 fully saturated rings. The second-order valence-electron chi connectivity index (χ2n) is 8.81. The first-order valence-corrected chi connectivity index (χ1v) is 11.6. The number of carbonyl (C=O) groups is 2. The zero-order chi connectivity index (χ0) is 30.4. The molecule has 16 heteroatoms. The van der Waals surface area contributed by atoms with Crippen molar-refractivity contribution in [3.8, 4) is 0 Å². The highest BCUT2D eigenvalue weighted by atomic mass is 19.4. The van der Waals surface area contributed by atoms with Gasteiger partial charge in [0.05, 0.1) is 28.5 Å². The molecule has 0 bridgehead atoms. The minimum atomic E-state index is -4.99. The lowest BCUT2D eigenvalue weighted by atomic mass is 9.98. The Hall–Kier alpha value is -3.95. The van der Waals surface area contributed by atoms with Crippen LogP contribution in [0.5, 0.6) is 0 Å². The van der Waals surface area contributed by atoms with Gasteiger partial charge in [0.1, 0.15) is 5.82 Å². The molecule has 1 aliphatic rings. The zero-order valence-electron chi connectivity index (χ0n) is 21.4. The predicted octanol–water partition coefficient (Wildman–Crippen LogP) is 5.87. The molecule has 0 aliphatic carbocycles. The van der Waals surface area contributed by atoms with Gasteiger partial charge >= 0.3 is 24.5 Å². The van der Waals surface area contributed by atoms with Crippen molar-refractivity contribution in [1.82, 2.24) is 20.5 Å². The number of urea groups is 1. The lowest BCUT2D eigenvalue weighted by molar-refractivity contribution is -0.143. The number of amides is 3. The second-order valence-corrected chi connectivity index (χ2v) is 8.81. The summed E-state index contributed by atoms with van der Waals surface area (Å²) in [4.78, 5) is 34.1. The fourth-order valence-corrected chi connectivity index (χ4v) is 3.85. The number of hydrogen-bond acceptors (Lipinski definition) is 5.